The molecular formula is C20H23NO2. The third-order valence-corrected chi connectivity index (χ3v) is 4.78. The minimum Gasteiger partial charge on any atom is -0.478 e. The predicted molar refractivity (Wildman–Crippen MR) is 91.7 cm³/mol. The fourth-order valence-corrected chi connectivity index (χ4v) is 3.46. The molecule has 2 aromatic rings. The monoisotopic (exact) mass is 309 g/mol. The molecule has 3 rings (SSSR count). The van der Waals surface area contributed by atoms with Gasteiger partial charge in [0.1, 0.15) is 0 Å². The molecule has 1 saturated heterocycles. The van der Waals surface area contributed by atoms with E-state index in [1.54, 1.807) is 12.1 Å². The molecule has 1 aliphatic rings. The van der Waals surface area contributed by atoms with Crippen LogP contribution < -0.4 is 0 Å². The van der Waals surface area contributed by atoms with Crippen LogP contribution in [0.15, 0.2) is 48.5 Å². The van der Waals surface area contributed by atoms with Crippen LogP contribution in [0.4, 0.5) is 0 Å². The number of rotatable bonds is 5. The zero-order valence-corrected chi connectivity index (χ0v) is 13.5. The van der Waals surface area contributed by atoms with Crippen molar-refractivity contribution in [2.45, 2.75) is 38.8 Å². The minimum absolute atomic E-state index is 0.372. The van der Waals surface area contributed by atoms with Crippen molar-refractivity contribution in [2.75, 3.05) is 6.54 Å². The molecule has 0 amide bonds. The van der Waals surface area contributed by atoms with Gasteiger partial charge < -0.3 is 5.11 Å². The minimum atomic E-state index is -0.857. The van der Waals surface area contributed by atoms with Gasteiger partial charge in [0.2, 0.25) is 0 Å². The van der Waals surface area contributed by atoms with Crippen molar-refractivity contribution in [3.05, 3.63) is 70.8 Å². The Morgan fingerprint density at radius 1 is 1.22 bits per heavy atom. The van der Waals surface area contributed by atoms with Gasteiger partial charge in [0.05, 0.1) is 5.56 Å². The second-order valence-corrected chi connectivity index (χ2v) is 6.40. The number of carboxylic acids is 1. The van der Waals surface area contributed by atoms with Gasteiger partial charge in [0, 0.05) is 12.6 Å². The molecule has 1 fully saturated rings. The smallest absolute Gasteiger partial charge is 0.335 e. The summed E-state index contributed by atoms with van der Waals surface area (Å²) in [5, 5.41) is 9.13. The quantitative estimate of drug-likeness (QED) is 0.910. The summed E-state index contributed by atoms with van der Waals surface area (Å²) in [6, 6.07) is 16.4. The van der Waals surface area contributed by atoms with Crippen molar-refractivity contribution < 1.29 is 9.90 Å². The maximum Gasteiger partial charge on any atom is 0.335 e. The van der Waals surface area contributed by atoms with Gasteiger partial charge in [-0.05, 0) is 61.6 Å². The van der Waals surface area contributed by atoms with Crippen molar-refractivity contribution >= 4 is 5.97 Å². The first-order valence-electron chi connectivity index (χ1n) is 8.24. The average Bonchev–Trinajstić information content (AvgIpc) is 2.97. The van der Waals surface area contributed by atoms with Crippen LogP contribution in [0.1, 0.15) is 39.9 Å². The summed E-state index contributed by atoms with van der Waals surface area (Å²) in [5.74, 6) is -0.857. The van der Waals surface area contributed by atoms with Crippen LogP contribution in [-0.2, 0) is 13.0 Å². The topological polar surface area (TPSA) is 40.5 Å². The third-order valence-electron chi connectivity index (χ3n) is 4.78. The molecule has 3 heteroatoms. The van der Waals surface area contributed by atoms with E-state index in [2.05, 4.69) is 36.1 Å². The van der Waals surface area contributed by atoms with Crippen LogP contribution in [0, 0.1) is 6.92 Å². The van der Waals surface area contributed by atoms with Gasteiger partial charge in [-0.3, -0.25) is 4.90 Å². The molecule has 1 unspecified atom stereocenters. The molecular weight excluding hydrogens is 286 g/mol. The summed E-state index contributed by atoms with van der Waals surface area (Å²) in [7, 11) is 0. The Kier molecular flexibility index (Phi) is 4.77. The lowest BCUT2D eigenvalue weighted by Crippen LogP contribution is -2.30. The number of hydrogen-bond acceptors (Lipinski definition) is 2. The molecule has 1 heterocycles. The van der Waals surface area contributed by atoms with E-state index in [9.17, 15) is 4.79 Å². The van der Waals surface area contributed by atoms with Gasteiger partial charge in [0.25, 0.3) is 0 Å². The first-order chi connectivity index (χ1) is 11.1. The van der Waals surface area contributed by atoms with Crippen LogP contribution in [0.3, 0.4) is 0 Å². The van der Waals surface area contributed by atoms with Crippen LogP contribution in [-0.4, -0.2) is 28.6 Å². The first kappa shape index (κ1) is 15.8. The highest BCUT2D eigenvalue weighted by Gasteiger charge is 2.25. The number of carboxylic acid groups (broad SMARTS) is 1. The first-order valence-corrected chi connectivity index (χ1v) is 8.24. The Balaban J connectivity index is 1.71. The zero-order valence-electron chi connectivity index (χ0n) is 13.5. The van der Waals surface area contributed by atoms with E-state index in [1.807, 2.05) is 12.1 Å². The number of aryl methyl sites for hydroxylation is 1. The molecule has 2 aromatic carbocycles. The lowest BCUT2D eigenvalue weighted by atomic mass is 9.99. The third kappa shape index (κ3) is 3.80. The lowest BCUT2D eigenvalue weighted by molar-refractivity contribution is 0.0696. The van der Waals surface area contributed by atoms with Crippen LogP contribution in [0.5, 0.6) is 0 Å². The summed E-state index contributed by atoms with van der Waals surface area (Å²) in [6.07, 6.45) is 3.51. The molecule has 1 aliphatic heterocycles. The molecule has 0 aliphatic carbocycles. The molecule has 0 spiro atoms. The molecule has 120 valence electrons. The van der Waals surface area contributed by atoms with E-state index in [0.717, 1.165) is 25.1 Å². The van der Waals surface area contributed by atoms with Crippen molar-refractivity contribution in [1.82, 2.24) is 4.90 Å². The Labute approximate surface area is 137 Å². The Bertz CT molecular complexity index is 696. The van der Waals surface area contributed by atoms with Crippen LogP contribution in [0.25, 0.3) is 0 Å². The number of likely N-dealkylation sites (tertiary alicyclic amines) is 1. The predicted octanol–water partition coefficient (Wildman–Crippen LogP) is 3.90. The van der Waals surface area contributed by atoms with E-state index < -0.39 is 5.97 Å². The number of carbonyl (C=O) groups is 1. The summed E-state index contributed by atoms with van der Waals surface area (Å²) in [5.41, 5.74) is 4.23. The van der Waals surface area contributed by atoms with Crippen molar-refractivity contribution in [2.24, 2.45) is 0 Å². The summed E-state index contributed by atoms with van der Waals surface area (Å²) >= 11 is 0. The molecule has 1 atom stereocenters. The van der Waals surface area contributed by atoms with Gasteiger partial charge in [-0.1, -0.05) is 36.4 Å². The summed E-state index contributed by atoms with van der Waals surface area (Å²) in [4.78, 5) is 13.6. The van der Waals surface area contributed by atoms with Crippen LogP contribution >= 0.6 is 0 Å². The molecule has 0 aromatic heterocycles. The molecule has 0 saturated carbocycles. The number of nitrogens with zero attached hydrogens (tertiary/aromatic N) is 1. The number of hydrogen-bond donors (Lipinski definition) is 1. The standard InChI is InChI=1S/C20H23NO2/c1-15-6-2-3-8-17(15)13-19-10-5-11-21(19)14-16-7-4-9-18(12-16)20(22)23/h2-4,6-9,12,19H,5,10-11,13-14H2,1H3,(H,22,23). The highest BCUT2D eigenvalue weighted by Crippen LogP contribution is 2.24. The van der Waals surface area contributed by atoms with Gasteiger partial charge in [-0.25, -0.2) is 4.79 Å². The fraction of sp³-hybridized carbons (Fsp3) is 0.350. The van der Waals surface area contributed by atoms with E-state index in [-0.39, 0.29) is 0 Å². The molecule has 0 radical (unpaired) electrons. The normalized spacial score (nSPS) is 18.2. The maximum atomic E-state index is 11.1. The van der Waals surface area contributed by atoms with Gasteiger partial charge in [-0.15, -0.1) is 0 Å². The Morgan fingerprint density at radius 2 is 2.04 bits per heavy atom. The second-order valence-electron chi connectivity index (χ2n) is 6.40. The van der Waals surface area contributed by atoms with Crippen molar-refractivity contribution in [1.29, 1.82) is 0 Å². The lowest BCUT2D eigenvalue weighted by Gasteiger charge is -2.25. The van der Waals surface area contributed by atoms with E-state index in [1.165, 1.54) is 24.0 Å². The Morgan fingerprint density at radius 3 is 2.83 bits per heavy atom. The SMILES string of the molecule is Cc1ccccc1CC1CCCN1Cc1cccc(C(=O)O)c1. The van der Waals surface area contributed by atoms with Crippen molar-refractivity contribution in [3.63, 3.8) is 0 Å². The maximum absolute atomic E-state index is 11.1. The van der Waals surface area contributed by atoms with Gasteiger partial charge >= 0.3 is 5.97 Å². The summed E-state index contributed by atoms with van der Waals surface area (Å²) in [6.45, 7) is 4.09. The van der Waals surface area contributed by atoms with Crippen LogP contribution in [0.2, 0.25) is 0 Å². The Hall–Kier alpha value is -2.13. The molecule has 23 heavy (non-hydrogen) atoms. The van der Waals surface area contributed by atoms with Crippen molar-refractivity contribution in [3.8, 4) is 0 Å². The van der Waals surface area contributed by atoms with Gasteiger partial charge in [-0.2, -0.15) is 0 Å². The van der Waals surface area contributed by atoms with Gasteiger partial charge in [0.15, 0.2) is 0 Å². The fourth-order valence-electron chi connectivity index (χ4n) is 3.46. The molecule has 1 N–H and O–H groups in total. The second kappa shape index (κ2) is 6.97. The summed E-state index contributed by atoms with van der Waals surface area (Å²) < 4.78 is 0. The molecule has 0 bridgehead atoms. The average molecular weight is 309 g/mol. The highest BCUT2D eigenvalue weighted by atomic mass is 16.4. The van der Waals surface area contributed by atoms with E-state index in [4.69, 9.17) is 5.11 Å². The zero-order chi connectivity index (χ0) is 16.2. The highest BCUT2D eigenvalue weighted by molar-refractivity contribution is 5.87. The van der Waals surface area contributed by atoms with E-state index in [0.29, 0.717) is 11.6 Å². The largest absolute Gasteiger partial charge is 0.478 e. The number of benzene rings is 2. The number of aromatic carboxylic acids is 1. The van der Waals surface area contributed by atoms with E-state index >= 15 is 0 Å². The molecule has 3 nitrogen and oxygen atoms in total.